The van der Waals surface area contributed by atoms with Gasteiger partial charge < -0.3 is 29.2 Å². The van der Waals surface area contributed by atoms with Crippen molar-refractivity contribution < 1.29 is 61.3 Å². The lowest BCUT2D eigenvalue weighted by molar-refractivity contribution is -0.151. The monoisotopic (exact) mass is 814 g/mol. The largest absolute Gasteiger partial charge is 0.506 e. The first kappa shape index (κ1) is 40.9. The molecule has 53 heavy (non-hydrogen) atoms. The molecular formula is C38H39BrO13S. The number of methoxy groups -OCH3 is 1. The van der Waals surface area contributed by atoms with Gasteiger partial charge >= 0.3 is 17.9 Å². The van der Waals surface area contributed by atoms with Crippen molar-refractivity contribution in [2.45, 2.75) is 79.7 Å². The van der Waals surface area contributed by atoms with Gasteiger partial charge in [0, 0.05) is 6.08 Å². The van der Waals surface area contributed by atoms with E-state index in [2.05, 4.69) is 15.9 Å². The van der Waals surface area contributed by atoms with E-state index in [4.69, 9.17) is 18.9 Å². The zero-order chi connectivity index (χ0) is 40.2. The number of aliphatic hydroxyl groups is 1. The summed E-state index contributed by atoms with van der Waals surface area (Å²) in [5.41, 5.74) is 0.249. The molecule has 3 aromatic rings. The maximum absolute atomic E-state index is 13.7. The van der Waals surface area contributed by atoms with E-state index in [0.29, 0.717) is 27.8 Å². The third kappa shape index (κ3) is 7.01. The summed E-state index contributed by atoms with van der Waals surface area (Å²) in [6.07, 6.45) is 2.02. The minimum atomic E-state index is -4.54. The number of hydrogen-bond donors (Lipinski definition) is 3. The maximum atomic E-state index is 13.7. The van der Waals surface area contributed by atoms with E-state index in [-0.39, 0.29) is 71.3 Å². The molecule has 15 heteroatoms. The molecule has 0 radical (unpaired) electrons. The summed E-state index contributed by atoms with van der Waals surface area (Å²) in [5, 5.41) is 22.4. The van der Waals surface area contributed by atoms with Gasteiger partial charge in [0.15, 0.2) is 11.5 Å². The number of aromatic hydroxyl groups is 1. The first-order valence-corrected chi connectivity index (χ1v) is 18.2. The lowest BCUT2D eigenvalue weighted by atomic mass is 9.87. The Hall–Kier alpha value is -4.83. The van der Waals surface area contributed by atoms with Crippen LogP contribution in [0.5, 0.6) is 23.0 Å². The third-order valence-corrected chi connectivity index (χ3v) is 11.7. The smallest absolute Gasteiger partial charge is 0.356 e. The Morgan fingerprint density at radius 3 is 1.75 bits per heavy atom. The summed E-state index contributed by atoms with van der Waals surface area (Å²) in [5.74, 6) is -4.39. The zero-order valence-electron chi connectivity index (χ0n) is 30.9. The highest BCUT2D eigenvalue weighted by atomic mass is 79.9. The van der Waals surface area contributed by atoms with Crippen LogP contribution in [0.3, 0.4) is 0 Å². The molecule has 0 bridgehead atoms. The molecule has 282 valence electrons. The summed E-state index contributed by atoms with van der Waals surface area (Å²) >= 11 is 3.19. The number of ether oxygens (including phenoxy) is 4. The second-order valence-corrected chi connectivity index (χ2v) is 15.0. The van der Waals surface area contributed by atoms with Crippen LogP contribution in [0.4, 0.5) is 0 Å². The molecule has 0 heterocycles. The molecule has 0 fully saturated rings. The molecule has 3 aromatic carbocycles. The molecule has 1 atom stereocenters. The van der Waals surface area contributed by atoms with Gasteiger partial charge in [-0.05, 0) is 153 Å². The number of allylic oxidation sites excluding steroid dienone is 2. The molecule has 0 unspecified atom stereocenters. The van der Waals surface area contributed by atoms with Crippen LogP contribution in [0.15, 0.2) is 38.9 Å². The number of halogens is 1. The SMILES string of the molecule is COC1=CC(=O)C=C(C)[C@]1(O)C(=O)Oc1c(C)c(C)c(C(=O)Oc2cc(C)c(C(=O)Oc3c(C)c(C)c(S(=O)(=O)O)c(C)c3C)c(C)c2C)c(O)c1Br. The number of ketones is 1. The molecule has 0 saturated carbocycles. The molecule has 4 rings (SSSR count). The Morgan fingerprint density at radius 2 is 1.23 bits per heavy atom. The fraction of sp³-hybridized carbons (Fsp3) is 0.316. The predicted molar refractivity (Wildman–Crippen MR) is 195 cm³/mol. The number of esters is 3. The van der Waals surface area contributed by atoms with Gasteiger partial charge in [0.25, 0.3) is 10.1 Å². The van der Waals surface area contributed by atoms with Crippen LogP contribution in [0.25, 0.3) is 0 Å². The van der Waals surface area contributed by atoms with Crippen molar-refractivity contribution in [2.24, 2.45) is 0 Å². The van der Waals surface area contributed by atoms with Gasteiger partial charge in [-0.3, -0.25) is 9.35 Å². The van der Waals surface area contributed by atoms with Crippen LogP contribution in [-0.2, 0) is 24.4 Å². The van der Waals surface area contributed by atoms with E-state index < -0.39 is 45.2 Å². The number of hydrogen-bond acceptors (Lipinski definition) is 12. The average Bonchev–Trinajstić information content (AvgIpc) is 3.06. The molecule has 13 nitrogen and oxygen atoms in total. The molecule has 0 saturated heterocycles. The Labute approximate surface area is 315 Å². The fourth-order valence-electron chi connectivity index (χ4n) is 6.25. The number of aryl methyl sites for hydroxylation is 1. The van der Waals surface area contributed by atoms with Crippen LogP contribution in [-0.4, -0.2) is 59.6 Å². The van der Waals surface area contributed by atoms with Gasteiger partial charge in [-0.15, -0.1) is 0 Å². The second-order valence-electron chi connectivity index (χ2n) is 12.9. The van der Waals surface area contributed by atoms with Crippen molar-refractivity contribution in [1.82, 2.24) is 0 Å². The Bertz CT molecular complexity index is 2280. The lowest BCUT2D eigenvalue weighted by Gasteiger charge is -2.30. The van der Waals surface area contributed by atoms with Gasteiger partial charge in [-0.25, -0.2) is 14.4 Å². The topological polar surface area (TPSA) is 200 Å². The van der Waals surface area contributed by atoms with Crippen LogP contribution in [0.1, 0.15) is 77.7 Å². The van der Waals surface area contributed by atoms with Crippen molar-refractivity contribution in [3.63, 3.8) is 0 Å². The fourth-order valence-corrected chi connectivity index (χ4v) is 7.91. The molecular weight excluding hydrogens is 776 g/mol. The number of carbonyl (C=O) groups excluding carboxylic acids is 4. The first-order valence-electron chi connectivity index (χ1n) is 16.0. The summed E-state index contributed by atoms with van der Waals surface area (Å²) in [6.45, 7) is 15.4. The van der Waals surface area contributed by atoms with E-state index in [9.17, 15) is 42.4 Å². The van der Waals surface area contributed by atoms with E-state index in [1.54, 1.807) is 34.6 Å². The maximum Gasteiger partial charge on any atom is 0.356 e. The number of rotatable bonds is 8. The summed E-state index contributed by atoms with van der Waals surface area (Å²) < 4.78 is 55.9. The number of benzene rings is 3. The summed E-state index contributed by atoms with van der Waals surface area (Å²) in [7, 11) is -3.36. The van der Waals surface area contributed by atoms with Gasteiger partial charge in [0.1, 0.15) is 37.9 Å². The molecule has 3 N–H and O–H groups in total. The average molecular weight is 816 g/mol. The van der Waals surface area contributed by atoms with Crippen molar-refractivity contribution >= 4 is 49.7 Å². The third-order valence-electron chi connectivity index (χ3n) is 9.79. The molecule has 1 aliphatic carbocycles. The number of carbonyl (C=O) groups is 4. The van der Waals surface area contributed by atoms with Gasteiger partial charge in [0.05, 0.1) is 12.7 Å². The van der Waals surface area contributed by atoms with Crippen molar-refractivity contribution in [1.29, 1.82) is 0 Å². The Kier molecular flexibility index (Phi) is 11.2. The Morgan fingerprint density at radius 1 is 0.717 bits per heavy atom. The van der Waals surface area contributed by atoms with Gasteiger partial charge in [-0.1, -0.05) is 0 Å². The van der Waals surface area contributed by atoms with Crippen LogP contribution in [0.2, 0.25) is 0 Å². The van der Waals surface area contributed by atoms with Crippen molar-refractivity contribution in [3.8, 4) is 23.0 Å². The highest BCUT2D eigenvalue weighted by Gasteiger charge is 2.48. The molecule has 0 amide bonds. The quantitative estimate of drug-likeness (QED) is 0.130. The Balaban J connectivity index is 1.67. The minimum Gasteiger partial charge on any atom is -0.506 e. The molecule has 0 aliphatic heterocycles. The highest BCUT2D eigenvalue weighted by molar-refractivity contribution is 9.10. The van der Waals surface area contributed by atoms with E-state index >= 15 is 0 Å². The highest BCUT2D eigenvalue weighted by Crippen LogP contribution is 2.44. The zero-order valence-corrected chi connectivity index (χ0v) is 33.3. The second kappa shape index (κ2) is 14.5. The normalized spacial score (nSPS) is 15.8. The standard InChI is InChI=1S/C38H39BrO13S/c1-15-12-26(17(3)18(4)28(15)35(42)51-32-21(7)23(9)34(53(46,47)48)24(10)22(32)8)50-36(43)29-19(5)20(6)33(30(39)31(29)41)52-37(44)38(45)16(2)13-25(40)14-27(38)49-11/h12-14,41,45H,1-11H3,(H,46,47,48)/t38-/m1/s1. The number of phenolic OH excluding ortho intramolecular Hbond substituents is 1. The molecule has 1 aliphatic rings. The van der Waals surface area contributed by atoms with Gasteiger partial charge in [0.2, 0.25) is 5.60 Å². The van der Waals surface area contributed by atoms with E-state index in [1.165, 1.54) is 47.8 Å². The van der Waals surface area contributed by atoms with Crippen LogP contribution in [0, 0.1) is 62.3 Å². The summed E-state index contributed by atoms with van der Waals surface area (Å²) in [6, 6.07) is 1.46. The van der Waals surface area contributed by atoms with E-state index in [0.717, 1.165) is 12.2 Å². The van der Waals surface area contributed by atoms with Crippen LogP contribution < -0.4 is 14.2 Å². The molecule has 0 aromatic heterocycles. The van der Waals surface area contributed by atoms with Crippen LogP contribution >= 0.6 is 15.9 Å². The summed E-state index contributed by atoms with van der Waals surface area (Å²) in [4.78, 5) is 52.3. The number of phenols is 1. The first-order chi connectivity index (χ1) is 24.4. The van der Waals surface area contributed by atoms with E-state index in [1.807, 2.05) is 0 Å². The van der Waals surface area contributed by atoms with Gasteiger partial charge in [-0.2, -0.15) is 8.42 Å². The lowest BCUT2D eigenvalue weighted by Crippen LogP contribution is -2.47. The van der Waals surface area contributed by atoms with Crippen molar-refractivity contribution in [3.05, 3.63) is 95.2 Å². The predicted octanol–water partition coefficient (Wildman–Crippen LogP) is 6.31. The minimum absolute atomic E-state index is 0.0493. The molecule has 0 spiro atoms. The van der Waals surface area contributed by atoms with Crippen molar-refractivity contribution in [2.75, 3.05) is 7.11 Å².